The van der Waals surface area contributed by atoms with Gasteiger partial charge < -0.3 is 10.7 Å². The lowest BCUT2D eigenvalue weighted by molar-refractivity contribution is 1.54. The van der Waals surface area contributed by atoms with Crippen molar-refractivity contribution in [2.45, 2.75) is 0 Å². The second-order valence-corrected chi connectivity index (χ2v) is 3.44. The number of nitrogens with one attached hydrogen (secondary N) is 1. The van der Waals surface area contributed by atoms with Gasteiger partial charge in [0.25, 0.3) is 0 Å². The van der Waals surface area contributed by atoms with Gasteiger partial charge >= 0.3 is 0 Å². The van der Waals surface area contributed by atoms with E-state index in [0.717, 1.165) is 16.7 Å². The maximum Gasteiger partial charge on any atom is 0.0698 e. The molecule has 0 aliphatic rings. The quantitative estimate of drug-likeness (QED) is 0.590. The lowest BCUT2D eigenvalue weighted by Crippen LogP contribution is -1.84. The summed E-state index contributed by atoms with van der Waals surface area (Å²) in [6.45, 7) is 0. The first-order valence-corrected chi connectivity index (χ1v) is 4.61. The molecule has 1 aromatic heterocycles. The van der Waals surface area contributed by atoms with Crippen LogP contribution in [-0.2, 0) is 0 Å². The van der Waals surface area contributed by atoms with Gasteiger partial charge in [-0.05, 0) is 12.1 Å². The third-order valence-corrected chi connectivity index (χ3v) is 2.57. The van der Waals surface area contributed by atoms with Gasteiger partial charge in [0, 0.05) is 16.3 Å². The molecule has 1 heterocycles. The predicted molar refractivity (Wildman–Crippen MR) is 74.7 cm³/mol. The highest BCUT2D eigenvalue weighted by atomic mass is 35.5. The van der Waals surface area contributed by atoms with Crippen molar-refractivity contribution in [1.82, 2.24) is 4.98 Å². The van der Waals surface area contributed by atoms with Crippen LogP contribution in [0.1, 0.15) is 0 Å². The molecule has 0 radical (unpaired) electrons. The first-order valence-electron chi connectivity index (χ1n) is 4.61. The van der Waals surface area contributed by atoms with Gasteiger partial charge in [-0.25, -0.2) is 0 Å². The van der Waals surface area contributed by atoms with Crippen LogP contribution in [-0.4, -0.2) is 4.98 Å². The van der Waals surface area contributed by atoms with Crippen LogP contribution < -0.4 is 5.73 Å². The number of nitrogen functional groups attached to an aromatic ring is 1. The Morgan fingerprint density at radius 3 is 2.31 bits per heavy atom. The predicted octanol–water partition coefficient (Wildman–Crippen LogP) is 3.75. The van der Waals surface area contributed by atoms with Gasteiger partial charge in [0.2, 0.25) is 0 Å². The summed E-state index contributed by atoms with van der Waals surface area (Å²) in [7, 11) is 0. The van der Waals surface area contributed by atoms with Crippen molar-refractivity contribution in [1.29, 1.82) is 0 Å². The number of fused-ring (bicyclic) bond motifs is 3. The molecule has 0 aliphatic carbocycles. The zero-order valence-electron chi connectivity index (χ0n) is 8.44. The number of rotatable bonds is 0. The molecule has 3 N–H and O–H groups in total. The molecule has 84 valence electrons. The molecular formula is C12H12Cl2N2. The van der Waals surface area contributed by atoms with E-state index in [-0.39, 0.29) is 24.8 Å². The lowest BCUT2D eigenvalue weighted by Gasteiger charge is -1.93. The number of benzene rings is 2. The van der Waals surface area contributed by atoms with Gasteiger partial charge in [-0.1, -0.05) is 30.3 Å². The molecule has 0 saturated heterocycles. The number of anilines is 1. The highest BCUT2D eigenvalue weighted by molar-refractivity contribution is 6.10. The average molecular weight is 255 g/mol. The van der Waals surface area contributed by atoms with Crippen molar-refractivity contribution < 1.29 is 0 Å². The molecule has 0 unspecified atom stereocenters. The Kier molecular flexibility index (Phi) is 3.68. The van der Waals surface area contributed by atoms with Gasteiger partial charge in [0.1, 0.15) is 0 Å². The molecule has 2 aromatic carbocycles. The fourth-order valence-electron chi connectivity index (χ4n) is 1.90. The minimum absolute atomic E-state index is 0. The maximum absolute atomic E-state index is 5.89. The van der Waals surface area contributed by atoms with Crippen LogP contribution in [0.2, 0.25) is 0 Å². The minimum Gasteiger partial charge on any atom is -0.397 e. The van der Waals surface area contributed by atoms with Crippen LogP contribution in [0.15, 0.2) is 42.5 Å². The Balaban J connectivity index is 0.000000640. The molecule has 0 spiro atoms. The number of nitrogens with two attached hydrogens (primary N) is 1. The van der Waals surface area contributed by atoms with Crippen molar-refractivity contribution >= 4 is 52.3 Å². The summed E-state index contributed by atoms with van der Waals surface area (Å²) in [6, 6.07) is 14.2. The third-order valence-electron chi connectivity index (χ3n) is 2.57. The number of aromatic nitrogens is 1. The summed E-state index contributed by atoms with van der Waals surface area (Å²) in [5.74, 6) is 0. The smallest absolute Gasteiger partial charge is 0.0698 e. The Hall–Kier alpha value is -1.38. The van der Waals surface area contributed by atoms with E-state index in [2.05, 4.69) is 23.2 Å². The van der Waals surface area contributed by atoms with Gasteiger partial charge in [0.05, 0.1) is 11.2 Å². The number of hydrogen-bond donors (Lipinski definition) is 2. The van der Waals surface area contributed by atoms with E-state index < -0.39 is 0 Å². The lowest BCUT2D eigenvalue weighted by atomic mass is 10.1. The summed E-state index contributed by atoms with van der Waals surface area (Å²) < 4.78 is 0. The second kappa shape index (κ2) is 4.64. The molecule has 4 heteroatoms. The number of aromatic amines is 1. The Morgan fingerprint density at radius 2 is 1.50 bits per heavy atom. The topological polar surface area (TPSA) is 41.8 Å². The number of hydrogen-bond acceptors (Lipinski definition) is 1. The summed E-state index contributed by atoms with van der Waals surface area (Å²) in [4.78, 5) is 3.32. The summed E-state index contributed by atoms with van der Waals surface area (Å²) in [5, 5.41) is 2.43. The van der Waals surface area contributed by atoms with E-state index in [1.165, 1.54) is 10.8 Å². The Morgan fingerprint density at radius 1 is 0.812 bits per heavy atom. The van der Waals surface area contributed by atoms with Crippen LogP contribution in [0, 0.1) is 0 Å². The second-order valence-electron chi connectivity index (χ2n) is 3.44. The molecule has 16 heavy (non-hydrogen) atoms. The van der Waals surface area contributed by atoms with Gasteiger partial charge in [0.15, 0.2) is 0 Å². The molecule has 0 saturated carbocycles. The third kappa shape index (κ3) is 1.70. The van der Waals surface area contributed by atoms with Gasteiger partial charge in [-0.3, -0.25) is 0 Å². The monoisotopic (exact) mass is 254 g/mol. The molecule has 0 atom stereocenters. The summed E-state index contributed by atoms with van der Waals surface area (Å²) >= 11 is 0. The van der Waals surface area contributed by atoms with Crippen LogP contribution in [0.25, 0.3) is 21.8 Å². The fraction of sp³-hybridized carbons (Fsp3) is 0. The normalized spacial score (nSPS) is 9.75. The first-order chi connectivity index (χ1) is 6.86. The molecule has 3 rings (SSSR count). The van der Waals surface area contributed by atoms with Crippen LogP contribution >= 0.6 is 24.8 Å². The van der Waals surface area contributed by atoms with E-state index >= 15 is 0 Å². The van der Waals surface area contributed by atoms with Crippen molar-refractivity contribution in [2.75, 3.05) is 5.73 Å². The van der Waals surface area contributed by atoms with E-state index in [1.54, 1.807) is 0 Å². The van der Waals surface area contributed by atoms with E-state index in [0.29, 0.717) is 0 Å². The first kappa shape index (κ1) is 12.7. The van der Waals surface area contributed by atoms with Crippen molar-refractivity contribution in [3.8, 4) is 0 Å². The highest BCUT2D eigenvalue weighted by Crippen LogP contribution is 2.28. The number of halogens is 2. The highest BCUT2D eigenvalue weighted by Gasteiger charge is 2.04. The summed E-state index contributed by atoms with van der Waals surface area (Å²) in [6.07, 6.45) is 0. The Bertz CT molecular complexity index is 617. The van der Waals surface area contributed by atoms with E-state index in [9.17, 15) is 0 Å². The van der Waals surface area contributed by atoms with Crippen molar-refractivity contribution in [3.05, 3.63) is 42.5 Å². The zero-order valence-corrected chi connectivity index (χ0v) is 10.1. The Labute approximate surface area is 106 Å². The molecular weight excluding hydrogens is 243 g/mol. The minimum atomic E-state index is 0. The fourth-order valence-corrected chi connectivity index (χ4v) is 1.90. The van der Waals surface area contributed by atoms with Crippen molar-refractivity contribution in [3.63, 3.8) is 0 Å². The number of H-pyrrole nitrogens is 1. The zero-order chi connectivity index (χ0) is 9.54. The van der Waals surface area contributed by atoms with Crippen molar-refractivity contribution in [2.24, 2.45) is 0 Å². The maximum atomic E-state index is 5.89. The molecule has 0 fully saturated rings. The molecule has 0 amide bonds. The molecule has 2 nitrogen and oxygen atoms in total. The van der Waals surface area contributed by atoms with E-state index in [4.69, 9.17) is 5.73 Å². The van der Waals surface area contributed by atoms with Crippen LogP contribution in [0.3, 0.4) is 0 Å². The largest absolute Gasteiger partial charge is 0.397 e. The van der Waals surface area contributed by atoms with Gasteiger partial charge in [-0.2, -0.15) is 0 Å². The molecule has 0 aliphatic heterocycles. The number of para-hydroxylation sites is 2. The average Bonchev–Trinajstić information content (AvgIpc) is 2.59. The van der Waals surface area contributed by atoms with Crippen LogP contribution in [0.5, 0.6) is 0 Å². The standard InChI is InChI=1S/C12H10N2.2ClH/c13-10-6-3-5-9-8-4-1-2-7-11(8)14-12(9)10;;/h1-7,14H,13H2;2*1H. The van der Waals surface area contributed by atoms with Gasteiger partial charge in [-0.15, -0.1) is 24.8 Å². The van der Waals surface area contributed by atoms with E-state index in [1.807, 2.05) is 24.3 Å². The summed E-state index contributed by atoms with van der Waals surface area (Å²) in [5.41, 5.74) is 8.87. The van der Waals surface area contributed by atoms with Crippen LogP contribution in [0.4, 0.5) is 5.69 Å². The molecule has 0 bridgehead atoms. The molecule has 3 aromatic rings. The SMILES string of the molecule is Cl.Cl.Nc1cccc2c1[nH]c1ccccc12.